The highest BCUT2D eigenvalue weighted by atomic mass is 16.5. The Hall–Kier alpha value is -2.30. The van der Waals surface area contributed by atoms with Crippen molar-refractivity contribution < 1.29 is 9.53 Å². The zero-order valence-corrected chi connectivity index (χ0v) is 13.8. The van der Waals surface area contributed by atoms with Crippen LogP contribution in [0.2, 0.25) is 0 Å². The lowest BCUT2D eigenvalue weighted by Gasteiger charge is -2.17. The molecular formula is C17H23N3O2. The Labute approximate surface area is 131 Å². The summed E-state index contributed by atoms with van der Waals surface area (Å²) in [6.07, 6.45) is 0. The van der Waals surface area contributed by atoms with Crippen LogP contribution in [-0.4, -0.2) is 28.3 Å². The summed E-state index contributed by atoms with van der Waals surface area (Å²) < 4.78 is 7.45. The molecule has 1 heterocycles. The van der Waals surface area contributed by atoms with E-state index >= 15 is 0 Å². The predicted molar refractivity (Wildman–Crippen MR) is 86.3 cm³/mol. The number of carbonyl (C=O) groups is 1. The molecule has 1 atom stereocenters. The number of rotatable bonds is 5. The number of benzene rings is 1. The summed E-state index contributed by atoms with van der Waals surface area (Å²) in [5, 5.41) is 7.12. The summed E-state index contributed by atoms with van der Waals surface area (Å²) in [5.74, 6) is 0.751. The van der Waals surface area contributed by atoms with Crippen molar-refractivity contribution in [2.75, 3.05) is 6.61 Å². The van der Waals surface area contributed by atoms with Gasteiger partial charge in [-0.25, -0.2) is 0 Å². The molecule has 0 radical (unpaired) electrons. The van der Waals surface area contributed by atoms with Gasteiger partial charge in [0.2, 0.25) is 0 Å². The molecule has 0 fully saturated rings. The molecule has 2 aromatic rings. The first kappa shape index (κ1) is 16.1. The standard InChI is InChI=1S/C17H23N3O2/c1-11-7-6-8-12(2)16(11)22-10-14(4)18-17(21)15-9-13(3)19-20(15)5/h6-9,14H,10H2,1-5H3,(H,18,21)/t14-/m0/s1. The summed E-state index contributed by atoms with van der Waals surface area (Å²) in [7, 11) is 1.76. The molecule has 1 aromatic heterocycles. The molecular weight excluding hydrogens is 278 g/mol. The maximum absolute atomic E-state index is 12.2. The zero-order chi connectivity index (χ0) is 16.3. The minimum Gasteiger partial charge on any atom is -0.491 e. The number of aryl methyl sites for hydroxylation is 4. The van der Waals surface area contributed by atoms with Crippen LogP contribution in [0.5, 0.6) is 5.75 Å². The highest BCUT2D eigenvalue weighted by Gasteiger charge is 2.15. The minimum absolute atomic E-state index is 0.0956. The SMILES string of the molecule is Cc1cc(C(=O)N[C@@H](C)COc2c(C)cccc2C)n(C)n1. The van der Waals surface area contributed by atoms with Crippen LogP contribution in [0.15, 0.2) is 24.3 Å². The Morgan fingerprint density at radius 3 is 2.50 bits per heavy atom. The topological polar surface area (TPSA) is 56.1 Å². The Bertz CT molecular complexity index is 656. The summed E-state index contributed by atoms with van der Waals surface area (Å²) >= 11 is 0. The number of nitrogens with one attached hydrogen (secondary N) is 1. The third-order valence-corrected chi connectivity index (χ3v) is 3.50. The van der Waals surface area contributed by atoms with Crippen molar-refractivity contribution in [1.29, 1.82) is 0 Å². The zero-order valence-electron chi connectivity index (χ0n) is 13.8. The number of carbonyl (C=O) groups excluding carboxylic acids is 1. The largest absolute Gasteiger partial charge is 0.491 e. The van der Waals surface area contributed by atoms with Gasteiger partial charge in [0.15, 0.2) is 0 Å². The van der Waals surface area contributed by atoms with Gasteiger partial charge < -0.3 is 10.1 Å². The summed E-state index contributed by atoms with van der Waals surface area (Å²) in [6, 6.07) is 7.72. The van der Waals surface area contributed by atoms with Crippen LogP contribution in [0, 0.1) is 20.8 Å². The average Bonchev–Trinajstić information content (AvgIpc) is 2.77. The van der Waals surface area contributed by atoms with Crippen LogP contribution in [-0.2, 0) is 7.05 Å². The Morgan fingerprint density at radius 2 is 1.95 bits per heavy atom. The first-order chi connectivity index (χ1) is 10.4. The Morgan fingerprint density at radius 1 is 1.32 bits per heavy atom. The number of amides is 1. The van der Waals surface area contributed by atoms with Gasteiger partial charge in [-0.3, -0.25) is 9.48 Å². The van der Waals surface area contributed by atoms with Crippen LogP contribution in [0.4, 0.5) is 0 Å². The van der Waals surface area contributed by atoms with Gasteiger partial charge in [0, 0.05) is 7.05 Å². The van der Waals surface area contributed by atoms with Crippen molar-refractivity contribution in [3.05, 3.63) is 46.8 Å². The van der Waals surface area contributed by atoms with E-state index in [0.29, 0.717) is 12.3 Å². The molecule has 22 heavy (non-hydrogen) atoms. The Balaban J connectivity index is 1.94. The molecule has 0 aliphatic heterocycles. The highest BCUT2D eigenvalue weighted by Crippen LogP contribution is 2.22. The van der Waals surface area contributed by atoms with Gasteiger partial charge in [0.1, 0.15) is 18.1 Å². The molecule has 0 bridgehead atoms. The quantitative estimate of drug-likeness (QED) is 0.923. The third-order valence-electron chi connectivity index (χ3n) is 3.50. The van der Waals surface area contributed by atoms with E-state index in [1.165, 1.54) is 0 Å². The lowest BCUT2D eigenvalue weighted by molar-refractivity contribution is 0.0917. The lowest BCUT2D eigenvalue weighted by Crippen LogP contribution is -2.37. The minimum atomic E-state index is -0.138. The van der Waals surface area contributed by atoms with Crippen LogP contribution in [0.1, 0.15) is 34.2 Å². The summed E-state index contributed by atoms with van der Waals surface area (Å²) in [5.41, 5.74) is 3.57. The molecule has 1 aromatic carbocycles. The van der Waals surface area contributed by atoms with Gasteiger partial charge in [-0.15, -0.1) is 0 Å². The second-order valence-corrected chi connectivity index (χ2v) is 5.70. The maximum Gasteiger partial charge on any atom is 0.269 e. The van der Waals surface area contributed by atoms with E-state index in [2.05, 4.69) is 10.4 Å². The molecule has 0 spiro atoms. The first-order valence-electron chi connectivity index (χ1n) is 7.39. The maximum atomic E-state index is 12.2. The van der Waals surface area contributed by atoms with Gasteiger partial charge in [0.25, 0.3) is 5.91 Å². The monoisotopic (exact) mass is 301 g/mol. The molecule has 118 valence electrons. The second-order valence-electron chi connectivity index (χ2n) is 5.70. The van der Waals surface area contributed by atoms with E-state index < -0.39 is 0 Å². The van der Waals surface area contributed by atoms with E-state index in [4.69, 9.17) is 4.74 Å². The fraction of sp³-hybridized carbons (Fsp3) is 0.412. The van der Waals surface area contributed by atoms with E-state index in [-0.39, 0.29) is 11.9 Å². The summed E-state index contributed by atoms with van der Waals surface area (Å²) in [6.45, 7) is 8.25. The molecule has 5 nitrogen and oxygen atoms in total. The molecule has 0 aliphatic rings. The van der Waals surface area contributed by atoms with Gasteiger partial charge in [-0.2, -0.15) is 5.10 Å². The van der Waals surface area contributed by atoms with Gasteiger partial charge >= 0.3 is 0 Å². The predicted octanol–water partition coefficient (Wildman–Crippen LogP) is 2.54. The van der Waals surface area contributed by atoms with E-state index in [0.717, 1.165) is 22.6 Å². The van der Waals surface area contributed by atoms with Gasteiger partial charge in [-0.05, 0) is 44.9 Å². The number of hydrogen-bond donors (Lipinski definition) is 1. The molecule has 0 saturated heterocycles. The summed E-state index contributed by atoms with van der Waals surface area (Å²) in [4.78, 5) is 12.2. The molecule has 1 N–H and O–H groups in total. The van der Waals surface area contributed by atoms with Crippen molar-refractivity contribution in [2.24, 2.45) is 7.05 Å². The Kier molecular flexibility index (Phi) is 4.85. The van der Waals surface area contributed by atoms with E-state index in [1.807, 2.05) is 45.9 Å². The molecule has 5 heteroatoms. The molecule has 0 aliphatic carbocycles. The van der Waals surface area contributed by atoms with Crippen LogP contribution >= 0.6 is 0 Å². The van der Waals surface area contributed by atoms with Crippen LogP contribution < -0.4 is 10.1 Å². The van der Waals surface area contributed by atoms with Crippen molar-refractivity contribution in [3.63, 3.8) is 0 Å². The molecule has 0 unspecified atom stereocenters. The molecule has 2 rings (SSSR count). The van der Waals surface area contributed by atoms with Crippen molar-refractivity contribution in [3.8, 4) is 5.75 Å². The number of para-hydroxylation sites is 1. The fourth-order valence-electron chi connectivity index (χ4n) is 2.40. The van der Waals surface area contributed by atoms with Crippen molar-refractivity contribution in [1.82, 2.24) is 15.1 Å². The average molecular weight is 301 g/mol. The lowest BCUT2D eigenvalue weighted by atomic mass is 10.1. The number of ether oxygens (including phenoxy) is 1. The highest BCUT2D eigenvalue weighted by molar-refractivity contribution is 5.92. The normalized spacial score (nSPS) is 12.0. The second kappa shape index (κ2) is 6.64. The molecule has 0 saturated carbocycles. The number of nitrogens with zero attached hydrogens (tertiary/aromatic N) is 2. The van der Waals surface area contributed by atoms with Crippen LogP contribution in [0.25, 0.3) is 0 Å². The molecule has 1 amide bonds. The van der Waals surface area contributed by atoms with Crippen molar-refractivity contribution in [2.45, 2.75) is 33.7 Å². The third kappa shape index (κ3) is 3.67. The van der Waals surface area contributed by atoms with E-state index in [9.17, 15) is 4.79 Å². The fourth-order valence-corrected chi connectivity index (χ4v) is 2.40. The van der Waals surface area contributed by atoms with Gasteiger partial charge in [-0.1, -0.05) is 18.2 Å². The van der Waals surface area contributed by atoms with Crippen molar-refractivity contribution >= 4 is 5.91 Å². The van der Waals surface area contributed by atoms with E-state index in [1.54, 1.807) is 17.8 Å². The van der Waals surface area contributed by atoms with Crippen LogP contribution in [0.3, 0.4) is 0 Å². The smallest absolute Gasteiger partial charge is 0.269 e. The number of hydrogen-bond acceptors (Lipinski definition) is 3. The first-order valence-corrected chi connectivity index (χ1v) is 7.39. The van der Waals surface area contributed by atoms with Gasteiger partial charge in [0.05, 0.1) is 11.7 Å². The number of aromatic nitrogens is 2.